The standard InChI is InChI=1S/C14H14N2O3S/c15-14(20)11-5-1-2-6-12(11)19-9-13(17)16-8-10-4-3-7-18-10/h1-7H,8-9H2,(H2,15,20)(H,16,17). The second-order valence-corrected chi connectivity index (χ2v) is 4.45. The zero-order valence-electron chi connectivity index (χ0n) is 10.7. The molecule has 0 spiro atoms. The summed E-state index contributed by atoms with van der Waals surface area (Å²) in [5.41, 5.74) is 6.19. The molecule has 1 aromatic heterocycles. The molecular formula is C14H14N2O3S. The molecule has 0 aliphatic rings. The SMILES string of the molecule is NC(=S)c1ccccc1OCC(=O)NCc1ccco1. The van der Waals surface area contributed by atoms with Gasteiger partial charge in [0, 0.05) is 0 Å². The van der Waals surface area contributed by atoms with Gasteiger partial charge in [-0.1, -0.05) is 24.4 Å². The largest absolute Gasteiger partial charge is 0.483 e. The molecule has 1 amide bonds. The number of carbonyl (C=O) groups is 1. The van der Waals surface area contributed by atoms with Crippen molar-refractivity contribution in [2.24, 2.45) is 5.73 Å². The Morgan fingerprint density at radius 2 is 2.10 bits per heavy atom. The molecule has 3 N–H and O–H groups in total. The summed E-state index contributed by atoms with van der Waals surface area (Å²) in [7, 11) is 0. The van der Waals surface area contributed by atoms with Gasteiger partial charge >= 0.3 is 0 Å². The Labute approximate surface area is 121 Å². The molecule has 5 nitrogen and oxygen atoms in total. The van der Waals surface area contributed by atoms with Crippen molar-refractivity contribution in [1.82, 2.24) is 5.32 Å². The van der Waals surface area contributed by atoms with Gasteiger partial charge in [0.1, 0.15) is 16.5 Å². The molecule has 0 atom stereocenters. The van der Waals surface area contributed by atoms with Crippen molar-refractivity contribution >= 4 is 23.1 Å². The Hall–Kier alpha value is -2.34. The fourth-order valence-electron chi connectivity index (χ4n) is 1.59. The maximum absolute atomic E-state index is 11.7. The third-order valence-corrected chi connectivity index (χ3v) is 2.77. The topological polar surface area (TPSA) is 77.5 Å². The van der Waals surface area contributed by atoms with Gasteiger partial charge < -0.3 is 20.2 Å². The molecule has 0 unspecified atom stereocenters. The summed E-state index contributed by atoms with van der Waals surface area (Å²) >= 11 is 4.92. The minimum Gasteiger partial charge on any atom is -0.483 e. The van der Waals surface area contributed by atoms with Crippen LogP contribution in [-0.2, 0) is 11.3 Å². The molecule has 6 heteroatoms. The second-order valence-electron chi connectivity index (χ2n) is 4.01. The number of carbonyl (C=O) groups excluding carboxylic acids is 1. The zero-order chi connectivity index (χ0) is 14.4. The molecule has 0 aliphatic carbocycles. The number of ether oxygens (including phenoxy) is 1. The third kappa shape index (κ3) is 3.83. The monoisotopic (exact) mass is 290 g/mol. The van der Waals surface area contributed by atoms with Gasteiger partial charge in [-0.25, -0.2) is 0 Å². The van der Waals surface area contributed by atoms with Crippen LogP contribution >= 0.6 is 12.2 Å². The molecule has 2 rings (SSSR count). The molecule has 104 valence electrons. The number of amides is 1. The fraction of sp³-hybridized carbons (Fsp3) is 0.143. The normalized spacial score (nSPS) is 10.0. The van der Waals surface area contributed by atoms with Crippen LogP contribution in [0, 0.1) is 0 Å². The van der Waals surface area contributed by atoms with E-state index < -0.39 is 0 Å². The van der Waals surface area contributed by atoms with Gasteiger partial charge in [0.2, 0.25) is 0 Å². The third-order valence-electron chi connectivity index (χ3n) is 2.55. The van der Waals surface area contributed by atoms with Crippen LogP contribution < -0.4 is 15.8 Å². The number of thiocarbonyl (C=S) groups is 1. The summed E-state index contributed by atoms with van der Waals surface area (Å²) in [4.78, 5) is 11.9. The van der Waals surface area contributed by atoms with E-state index in [1.165, 1.54) is 0 Å². The second kappa shape index (κ2) is 6.72. The number of benzene rings is 1. The molecule has 1 aromatic carbocycles. The Morgan fingerprint density at radius 3 is 2.80 bits per heavy atom. The predicted octanol–water partition coefficient (Wildman–Crippen LogP) is 1.61. The highest BCUT2D eigenvalue weighted by molar-refractivity contribution is 7.80. The molecule has 1 heterocycles. The van der Waals surface area contributed by atoms with Crippen LogP contribution in [0.5, 0.6) is 5.75 Å². The van der Waals surface area contributed by atoms with Gasteiger partial charge in [0.15, 0.2) is 6.61 Å². The van der Waals surface area contributed by atoms with Crippen molar-refractivity contribution in [3.05, 3.63) is 54.0 Å². The van der Waals surface area contributed by atoms with E-state index in [1.807, 2.05) is 0 Å². The van der Waals surface area contributed by atoms with Crippen molar-refractivity contribution in [3.63, 3.8) is 0 Å². The summed E-state index contributed by atoms with van der Waals surface area (Å²) in [6.07, 6.45) is 1.55. The van der Waals surface area contributed by atoms with Crippen molar-refractivity contribution in [3.8, 4) is 5.75 Å². The fourth-order valence-corrected chi connectivity index (χ4v) is 1.76. The highest BCUT2D eigenvalue weighted by Gasteiger charge is 2.08. The van der Waals surface area contributed by atoms with Crippen LogP contribution in [0.25, 0.3) is 0 Å². The maximum Gasteiger partial charge on any atom is 0.258 e. The van der Waals surface area contributed by atoms with Gasteiger partial charge in [0.05, 0.1) is 18.4 Å². The minimum atomic E-state index is -0.251. The molecule has 0 radical (unpaired) electrons. The molecule has 0 bridgehead atoms. The first kappa shape index (κ1) is 14.1. The van der Waals surface area contributed by atoms with Gasteiger partial charge in [0.25, 0.3) is 5.91 Å². The molecule has 2 aromatic rings. The summed E-state index contributed by atoms with van der Waals surface area (Å²) in [5.74, 6) is 0.925. The van der Waals surface area contributed by atoms with Crippen molar-refractivity contribution < 1.29 is 13.9 Å². The quantitative estimate of drug-likeness (QED) is 0.790. The van der Waals surface area contributed by atoms with Crippen LogP contribution in [0.4, 0.5) is 0 Å². The summed E-state index contributed by atoms with van der Waals surface area (Å²) < 4.78 is 10.5. The average molecular weight is 290 g/mol. The first-order valence-electron chi connectivity index (χ1n) is 5.97. The minimum absolute atomic E-state index is 0.111. The lowest BCUT2D eigenvalue weighted by atomic mass is 10.2. The first-order valence-corrected chi connectivity index (χ1v) is 6.38. The zero-order valence-corrected chi connectivity index (χ0v) is 11.5. The Bertz CT molecular complexity index is 596. The molecule has 0 saturated heterocycles. The summed E-state index contributed by atoms with van der Waals surface area (Å²) in [5, 5.41) is 2.68. The molecule has 20 heavy (non-hydrogen) atoms. The molecule has 0 fully saturated rings. The number of furan rings is 1. The lowest BCUT2D eigenvalue weighted by Crippen LogP contribution is -2.28. The predicted molar refractivity (Wildman–Crippen MR) is 78.4 cm³/mol. The first-order chi connectivity index (χ1) is 9.66. The van der Waals surface area contributed by atoms with Crippen molar-refractivity contribution in [2.45, 2.75) is 6.54 Å². The lowest BCUT2D eigenvalue weighted by Gasteiger charge is -2.10. The number of para-hydroxylation sites is 1. The maximum atomic E-state index is 11.7. The van der Waals surface area contributed by atoms with Crippen molar-refractivity contribution in [2.75, 3.05) is 6.61 Å². The summed E-state index contributed by atoms with van der Waals surface area (Å²) in [6, 6.07) is 10.6. The highest BCUT2D eigenvalue weighted by atomic mass is 32.1. The lowest BCUT2D eigenvalue weighted by molar-refractivity contribution is -0.123. The number of nitrogens with two attached hydrogens (primary N) is 1. The highest BCUT2D eigenvalue weighted by Crippen LogP contribution is 2.17. The Balaban J connectivity index is 1.85. The average Bonchev–Trinajstić information content (AvgIpc) is 2.96. The van der Waals surface area contributed by atoms with E-state index in [0.29, 0.717) is 23.6 Å². The van der Waals surface area contributed by atoms with E-state index in [2.05, 4.69) is 5.32 Å². The van der Waals surface area contributed by atoms with Crippen LogP contribution in [0.1, 0.15) is 11.3 Å². The van der Waals surface area contributed by atoms with Crippen LogP contribution in [0.2, 0.25) is 0 Å². The van der Waals surface area contributed by atoms with Crippen molar-refractivity contribution in [1.29, 1.82) is 0 Å². The van der Waals surface area contributed by atoms with E-state index in [9.17, 15) is 4.79 Å². The number of hydrogen-bond donors (Lipinski definition) is 2. The van der Waals surface area contributed by atoms with Gasteiger partial charge in [-0.3, -0.25) is 4.79 Å². The van der Waals surface area contributed by atoms with E-state index in [1.54, 1.807) is 42.7 Å². The Kier molecular flexibility index (Phi) is 4.73. The van der Waals surface area contributed by atoms with Crippen LogP contribution in [0.3, 0.4) is 0 Å². The van der Waals surface area contributed by atoms with Crippen LogP contribution in [0.15, 0.2) is 47.1 Å². The smallest absolute Gasteiger partial charge is 0.258 e. The Morgan fingerprint density at radius 1 is 1.30 bits per heavy atom. The molecule has 0 aliphatic heterocycles. The summed E-state index contributed by atoms with van der Waals surface area (Å²) in [6.45, 7) is 0.215. The number of rotatable bonds is 6. The molecule has 0 saturated carbocycles. The van der Waals surface area contributed by atoms with E-state index in [0.717, 1.165) is 0 Å². The van der Waals surface area contributed by atoms with Gasteiger partial charge in [-0.15, -0.1) is 0 Å². The van der Waals surface area contributed by atoms with Gasteiger partial charge in [-0.05, 0) is 24.3 Å². The molecular weight excluding hydrogens is 276 g/mol. The van der Waals surface area contributed by atoms with E-state index >= 15 is 0 Å². The number of nitrogens with one attached hydrogen (secondary N) is 1. The number of hydrogen-bond acceptors (Lipinski definition) is 4. The van der Waals surface area contributed by atoms with Crippen LogP contribution in [-0.4, -0.2) is 17.5 Å². The van der Waals surface area contributed by atoms with E-state index in [4.69, 9.17) is 27.1 Å². The van der Waals surface area contributed by atoms with E-state index in [-0.39, 0.29) is 17.5 Å². The van der Waals surface area contributed by atoms with Gasteiger partial charge in [-0.2, -0.15) is 0 Å².